The summed E-state index contributed by atoms with van der Waals surface area (Å²) in [7, 11) is 1.57. The van der Waals surface area contributed by atoms with Crippen molar-refractivity contribution in [3.63, 3.8) is 0 Å². The number of hydrogen-bond acceptors (Lipinski definition) is 5. The Balaban J connectivity index is 2.12. The first-order valence-corrected chi connectivity index (χ1v) is 22.4. The predicted molar refractivity (Wildman–Crippen MR) is 142 cm³/mol. The Labute approximate surface area is 218 Å². The van der Waals surface area contributed by atoms with Crippen molar-refractivity contribution in [1.29, 1.82) is 0 Å². The fourth-order valence-electron chi connectivity index (χ4n) is 4.59. The molecule has 2 atom stereocenters. The van der Waals surface area contributed by atoms with Crippen molar-refractivity contribution in [2.75, 3.05) is 13.7 Å². The van der Waals surface area contributed by atoms with Gasteiger partial charge in [0.05, 0.1) is 0 Å². The minimum absolute atomic E-state index is 0.211. The van der Waals surface area contributed by atoms with Gasteiger partial charge in [-0.1, -0.05) is 0 Å². The van der Waals surface area contributed by atoms with E-state index in [0.717, 1.165) is 11.1 Å². The predicted octanol–water partition coefficient (Wildman–Crippen LogP) is 5.26. The Kier molecular flexibility index (Phi) is 8.79. The number of methoxy groups -OCH3 is 1. The standard InChI is InChI=1S/C24H30N3O5.3CH3.Sn/c1-24(2,3)32-23(30)27(16-18-12-8-14-25-21(18)31-4)19-13-9-15-26(22(28)29)20(19)17-10-6-5-7-11-17;;;;/h5-7,10-12,14,19-20H,9,13,15-16H2,1-4H3,(H,28,29);3*1H3;. The topological polar surface area (TPSA) is 92.2 Å². The van der Waals surface area contributed by atoms with Gasteiger partial charge in [0.15, 0.2) is 0 Å². The number of hydrogen-bond donors (Lipinski definition) is 1. The van der Waals surface area contributed by atoms with Gasteiger partial charge in [-0.25, -0.2) is 0 Å². The number of piperidine rings is 1. The van der Waals surface area contributed by atoms with Gasteiger partial charge >= 0.3 is 219 Å². The average molecular weight is 604 g/mol. The number of amides is 2. The molecule has 2 amide bonds. The summed E-state index contributed by atoms with van der Waals surface area (Å²) in [5, 5.41) is 10.1. The number of aromatic nitrogens is 1. The van der Waals surface area contributed by atoms with Crippen molar-refractivity contribution in [1.82, 2.24) is 14.8 Å². The Morgan fingerprint density at radius 1 is 1.19 bits per heavy atom. The Bertz CT molecular complexity index is 1070. The van der Waals surface area contributed by atoms with Crippen molar-refractivity contribution in [3.05, 3.63) is 53.7 Å². The first-order valence-electron chi connectivity index (χ1n) is 12.4. The van der Waals surface area contributed by atoms with E-state index in [9.17, 15) is 14.7 Å². The first-order chi connectivity index (χ1) is 16.8. The zero-order valence-corrected chi connectivity index (χ0v) is 25.3. The molecule has 1 fully saturated rings. The van der Waals surface area contributed by atoms with E-state index in [4.69, 9.17) is 9.47 Å². The molecule has 1 N–H and O–H groups in total. The minimum atomic E-state index is -2.47. The summed E-state index contributed by atoms with van der Waals surface area (Å²) in [5.74, 6) is 0.463. The number of likely N-dealkylation sites (tertiary alicyclic amines) is 1. The molecule has 2 aromatic rings. The Morgan fingerprint density at radius 3 is 2.42 bits per heavy atom. The normalized spacial score (nSPS) is 18.5. The van der Waals surface area contributed by atoms with Crippen LogP contribution >= 0.6 is 0 Å². The molecule has 1 aliphatic rings. The summed E-state index contributed by atoms with van der Waals surface area (Å²) in [4.78, 5) is 40.6. The molecule has 196 valence electrons. The molecule has 0 bridgehead atoms. The zero-order chi connectivity index (χ0) is 26.7. The molecular weight excluding hydrogens is 565 g/mol. The number of benzene rings is 1. The average Bonchev–Trinajstić information content (AvgIpc) is 2.80. The van der Waals surface area contributed by atoms with Crippen LogP contribution in [-0.2, 0) is 11.3 Å². The van der Waals surface area contributed by atoms with E-state index in [0.29, 0.717) is 25.3 Å². The van der Waals surface area contributed by atoms with Crippen LogP contribution in [0.15, 0.2) is 42.6 Å². The van der Waals surface area contributed by atoms with Crippen LogP contribution in [0.3, 0.4) is 0 Å². The summed E-state index contributed by atoms with van der Waals surface area (Å²) < 4.78 is 12.7. The molecular formula is C27H39N3O5Sn. The van der Waals surface area contributed by atoms with Gasteiger partial charge in [-0.3, -0.25) is 0 Å². The third-order valence-corrected chi connectivity index (χ3v) is 12.1. The molecule has 0 aliphatic carbocycles. The molecule has 1 aliphatic heterocycles. The van der Waals surface area contributed by atoms with Crippen molar-refractivity contribution < 1.29 is 24.2 Å². The van der Waals surface area contributed by atoms with Crippen LogP contribution in [0.25, 0.3) is 0 Å². The van der Waals surface area contributed by atoms with Crippen molar-refractivity contribution in [2.45, 2.75) is 72.7 Å². The maximum atomic E-state index is 13.7. The number of carbonyl (C=O) groups is 2. The van der Waals surface area contributed by atoms with Crippen LogP contribution in [-0.4, -0.2) is 75.8 Å². The van der Waals surface area contributed by atoms with E-state index in [1.807, 2.05) is 57.3 Å². The second-order valence-electron chi connectivity index (χ2n) is 11.3. The molecule has 2 heterocycles. The van der Waals surface area contributed by atoms with Crippen LogP contribution in [0.2, 0.25) is 14.8 Å². The molecule has 9 heteroatoms. The second kappa shape index (κ2) is 11.3. The van der Waals surface area contributed by atoms with Crippen LogP contribution in [0, 0.1) is 0 Å². The van der Waals surface area contributed by atoms with Crippen LogP contribution in [0.4, 0.5) is 9.59 Å². The van der Waals surface area contributed by atoms with Gasteiger partial charge in [0.25, 0.3) is 0 Å². The van der Waals surface area contributed by atoms with E-state index in [1.165, 1.54) is 8.48 Å². The molecule has 8 nitrogen and oxygen atoms in total. The van der Waals surface area contributed by atoms with Crippen molar-refractivity contribution in [3.8, 4) is 5.88 Å². The summed E-state index contributed by atoms with van der Waals surface area (Å²) in [6.45, 7) is 6.12. The summed E-state index contributed by atoms with van der Waals surface area (Å²) in [5.41, 5.74) is 0.944. The van der Waals surface area contributed by atoms with E-state index < -0.39 is 48.2 Å². The van der Waals surface area contributed by atoms with Crippen LogP contribution < -0.4 is 8.32 Å². The molecule has 1 aromatic carbocycles. The monoisotopic (exact) mass is 605 g/mol. The van der Waals surface area contributed by atoms with Gasteiger partial charge in [-0.2, -0.15) is 0 Å². The van der Waals surface area contributed by atoms with Gasteiger partial charge in [-0.05, 0) is 0 Å². The molecule has 1 aromatic heterocycles. The summed E-state index contributed by atoms with van der Waals surface area (Å²) in [6, 6.07) is 10.7. The Hall–Kier alpha value is -2.49. The number of pyridine rings is 1. The number of carbonyl (C=O) groups excluding carboxylic acids is 1. The van der Waals surface area contributed by atoms with E-state index in [2.05, 4.69) is 25.9 Å². The molecule has 0 spiro atoms. The van der Waals surface area contributed by atoms with Crippen LogP contribution in [0.1, 0.15) is 50.8 Å². The molecule has 0 saturated carbocycles. The number of nitrogens with zero attached hydrogens (tertiary/aromatic N) is 3. The first kappa shape index (κ1) is 28.1. The molecule has 36 heavy (non-hydrogen) atoms. The van der Waals surface area contributed by atoms with Gasteiger partial charge in [0, 0.05) is 0 Å². The third-order valence-electron chi connectivity index (χ3n) is 6.34. The van der Waals surface area contributed by atoms with Crippen molar-refractivity contribution >= 4 is 34.1 Å². The molecule has 3 rings (SSSR count). The quantitative estimate of drug-likeness (QED) is 0.453. The third kappa shape index (κ3) is 6.83. The Morgan fingerprint density at radius 2 is 1.86 bits per heavy atom. The summed E-state index contributed by atoms with van der Waals surface area (Å²) in [6.07, 6.45) is 1.70. The van der Waals surface area contributed by atoms with Gasteiger partial charge in [-0.15, -0.1) is 0 Å². The molecule has 1 saturated heterocycles. The SMILES string of the molecule is COc1nc[c]([Sn]([CH3])([CH3])[CH3])cc1CN(C(=O)OC(C)(C)C)C1CCCN(C(=O)O)C1c1ccccc1. The van der Waals surface area contributed by atoms with E-state index >= 15 is 0 Å². The number of rotatable bonds is 6. The van der Waals surface area contributed by atoms with E-state index in [1.54, 1.807) is 12.0 Å². The molecule has 2 unspecified atom stereocenters. The number of carboxylic acid groups (broad SMARTS) is 1. The fourth-order valence-corrected chi connectivity index (χ4v) is 7.62. The number of ether oxygens (including phenoxy) is 2. The van der Waals surface area contributed by atoms with Gasteiger partial charge in [0.2, 0.25) is 0 Å². The van der Waals surface area contributed by atoms with E-state index in [-0.39, 0.29) is 6.54 Å². The second-order valence-corrected chi connectivity index (χ2v) is 25.8. The van der Waals surface area contributed by atoms with Crippen LogP contribution in [0.5, 0.6) is 5.88 Å². The zero-order valence-electron chi connectivity index (χ0n) is 22.4. The van der Waals surface area contributed by atoms with Gasteiger partial charge in [0.1, 0.15) is 0 Å². The van der Waals surface area contributed by atoms with Gasteiger partial charge < -0.3 is 0 Å². The maximum absolute atomic E-state index is 13.7. The fraction of sp³-hybridized carbons (Fsp3) is 0.519. The van der Waals surface area contributed by atoms with Crippen molar-refractivity contribution in [2.24, 2.45) is 0 Å². The molecule has 0 radical (unpaired) electrons. The summed E-state index contributed by atoms with van der Waals surface area (Å²) >= 11 is -2.47.